The second-order valence-corrected chi connectivity index (χ2v) is 4.85. The second-order valence-electron chi connectivity index (χ2n) is 4.85. The molecule has 0 aromatic heterocycles. The fraction of sp³-hybridized carbons (Fsp3) is 0.462. The Morgan fingerprint density at radius 2 is 2.28 bits per heavy atom. The zero-order chi connectivity index (χ0) is 12.7. The number of benzene rings is 1. The minimum absolute atomic E-state index is 0.0923. The molecule has 1 fully saturated rings. The van der Waals surface area contributed by atoms with Gasteiger partial charge in [-0.1, -0.05) is 12.1 Å². The molecule has 3 N–H and O–H groups in total. The van der Waals surface area contributed by atoms with Crippen LogP contribution in [-0.2, 0) is 0 Å². The minimum atomic E-state index is -0.592. The van der Waals surface area contributed by atoms with Gasteiger partial charge in [-0.05, 0) is 18.6 Å². The van der Waals surface area contributed by atoms with E-state index in [1.54, 1.807) is 0 Å². The maximum atomic E-state index is 12.1. The molecule has 2 aliphatic heterocycles. The van der Waals surface area contributed by atoms with Crippen molar-refractivity contribution in [3.63, 3.8) is 0 Å². The Hall–Kier alpha value is -1.59. The van der Waals surface area contributed by atoms with E-state index in [-0.39, 0.29) is 12.1 Å². The highest BCUT2D eigenvalue weighted by atomic mass is 16.3. The van der Waals surface area contributed by atoms with Gasteiger partial charge < -0.3 is 20.6 Å². The smallest absolute Gasteiger partial charge is 0.255 e. The molecule has 1 aromatic carbocycles. The Bertz CT molecular complexity index is 489. The number of aryl methyl sites for hydroxylation is 1. The molecule has 1 saturated heterocycles. The van der Waals surface area contributed by atoms with Crippen LogP contribution in [0.1, 0.15) is 15.9 Å². The lowest BCUT2D eigenvalue weighted by Gasteiger charge is -2.39. The second kappa shape index (κ2) is 4.26. The van der Waals surface area contributed by atoms with Gasteiger partial charge in [-0.25, -0.2) is 0 Å². The van der Waals surface area contributed by atoms with Crippen LogP contribution in [0.15, 0.2) is 18.2 Å². The number of nitrogens with one attached hydrogen (secondary N) is 2. The molecule has 18 heavy (non-hydrogen) atoms. The number of rotatable bonds is 0. The number of anilines is 1. The van der Waals surface area contributed by atoms with Crippen LogP contribution in [-0.4, -0.2) is 42.9 Å². The van der Waals surface area contributed by atoms with Gasteiger partial charge >= 0.3 is 0 Å². The number of fused-ring (bicyclic) bond motifs is 3. The van der Waals surface area contributed by atoms with Crippen molar-refractivity contribution >= 4 is 11.6 Å². The molecule has 0 saturated carbocycles. The van der Waals surface area contributed by atoms with Gasteiger partial charge in [0.05, 0.1) is 11.3 Å². The van der Waals surface area contributed by atoms with Gasteiger partial charge in [-0.15, -0.1) is 0 Å². The van der Waals surface area contributed by atoms with Crippen molar-refractivity contribution in [2.75, 3.05) is 24.5 Å². The fourth-order valence-corrected chi connectivity index (χ4v) is 2.75. The van der Waals surface area contributed by atoms with Crippen LogP contribution in [0, 0.1) is 6.92 Å². The van der Waals surface area contributed by atoms with E-state index < -0.39 is 6.10 Å². The van der Waals surface area contributed by atoms with Gasteiger partial charge in [0.15, 0.2) is 0 Å². The third-order valence-electron chi connectivity index (χ3n) is 3.65. The first-order valence-electron chi connectivity index (χ1n) is 6.24. The van der Waals surface area contributed by atoms with Crippen molar-refractivity contribution in [2.24, 2.45) is 0 Å². The molecule has 5 nitrogen and oxygen atoms in total. The number of carbonyl (C=O) groups excluding carboxylic acids is 1. The quantitative estimate of drug-likeness (QED) is 0.596. The van der Waals surface area contributed by atoms with Crippen LogP contribution < -0.4 is 15.5 Å². The summed E-state index contributed by atoms with van der Waals surface area (Å²) in [7, 11) is 0. The predicted octanol–water partition coefficient (Wildman–Crippen LogP) is -0.165. The zero-order valence-corrected chi connectivity index (χ0v) is 10.3. The van der Waals surface area contributed by atoms with E-state index in [0.29, 0.717) is 6.54 Å². The van der Waals surface area contributed by atoms with Crippen molar-refractivity contribution in [3.05, 3.63) is 29.3 Å². The first-order valence-corrected chi connectivity index (χ1v) is 6.24. The molecule has 2 atom stereocenters. The predicted molar refractivity (Wildman–Crippen MR) is 68.7 cm³/mol. The maximum Gasteiger partial charge on any atom is 0.255 e. The first-order chi connectivity index (χ1) is 8.68. The van der Waals surface area contributed by atoms with Crippen molar-refractivity contribution in [2.45, 2.75) is 19.2 Å². The molecular formula is C13H17N3O2. The van der Waals surface area contributed by atoms with Gasteiger partial charge in [0.2, 0.25) is 0 Å². The van der Waals surface area contributed by atoms with Gasteiger partial charge in [-0.3, -0.25) is 4.79 Å². The molecule has 96 valence electrons. The normalized spacial score (nSPS) is 27.0. The zero-order valence-electron chi connectivity index (χ0n) is 10.3. The summed E-state index contributed by atoms with van der Waals surface area (Å²) in [6.45, 7) is 4.02. The number of hydrogen-bond donors (Lipinski definition) is 3. The number of nitrogens with zero attached hydrogens (tertiary/aromatic N) is 1. The van der Waals surface area contributed by atoms with Crippen LogP contribution in [0.2, 0.25) is 0 Å². The number of aliphatic hydroxyl groups excluding tert-OH is 1. The number of hydrogen-bond acceptors (Lipinski definition) is 4. The van der Waals surface area contributed by atoms with Crippen LogP contribution >= 0.6 is 0 Å². The molecule has 0 bridgehead atoms. The van der Waals surface area contributed by atoms with Crippen LogP contribution in [0.4, 0.5) is 5.69 Å². The molecular weight excluding hydrogens is 230 g/mol. The Balaban J connectivity index is 2.10. The number of β-amino-alcohol motifs (C(OH)–C–C–N with tert-alkyl or cyclic N) is 1. The molecule has 0 aliphatic carbocycles. The van der Waals surface area contributed by atoms with Gasteiger partial charge in [0, 0.05) is 19.6 Å². The highest BCUT2D eigenvalue weighted by molar-refractivity contribution is 6.03. The third-order valence-corrected chi connectivity index (χ3v) is 3.65. The summed E-state index contributed by atoms with van der Waals surface area (Å²) in [5, 5.41) is 16.2. The molecule has 0 radical (unpaired) electrons. The summed E-state index contributed by atoms with van der Waals surface area (Å²) in [6, 6.07) is 5.84. The molecule has 2 unspecified atom stereocenters. The van der Waals surface area contributed by atoms with Gasteiger partial charge in [0.25, 0.3) is 5.91 Å². The molecule has 0 spiro atoms. The average molecular weight is 247 g/mol. The maximum absolute atomic E-state index is 12.1. The standard InChI is InChI=1S/C13H17N3O2/c1-8-3-2-4-9-11(8)13(18)15-12-10(17)7-14-5-6-16(9)12/h2-4,10,12,14,17H,5-7H2,1H3,(H,15,18). The third kappa shape index (κ3) is 1.67. The molecule has 1 aromatic rings. The van der Waals surface area contributed by atoms with E-state index in [0.717, 1.165) is 29.9 Å². The largest absolute Gasteiger partial charge is 0.388 e. The summed E-state index contributed by atoms with van der Waals surface area (Å²) in [4.78, 5) is 14.2. The molecule has 5 heteroatoms. The molecule has 1 amide bonds. The highest BCUT2D eigenvalue weighted by Gasteiger charge is 2.36. The summed E-state index contributed by atoms with van der Waals surface area (Å²) in [6.07, 6.45) is -0.924. The van der Waals surface area contributed by atoms with Crippen LogP contribution in [0.5, 0.6) is 0 Å². The molecule has 2 heterocycles. The summed E-state index contributed by atoms with van der Waals surface area (Å²) in [5.41, 5.74) is 2.62. The van der Waals surface area contributed by atoms with E-state index in [1.165, 1.54) is 0 Å². The molecule has 3 rings (SSSR count). The summed E-state index contributed by atoms with van der Waals surface area (Å²) >= 11 is 0. The van der Waals surface area contributed by atoms with Crippen molar-refractivity contribution < 1.29 is 9.90 Å². The minimum Gasteiger partial charge on any atom is -0.388 e. The highest BCUT2D eigenvalue weighted by Crippen LogP contribution is 2.29. The summed E-state index contributed by atoms with van der Waals surface area (Å²) in [5.74, 6) is -0.0923. The Labute approximate surface area is 106 Å². The lowest BCUT2D eigenvalue weighted by atomic mass is 10.0. The van der Waals surface area contributed by atoms with Gasteiger partial charge in [0.1, 0.15) is 12.3 Å². The van der Waals surface area contributed by atoms with Crippen molar-refractivity contribution in [3.8, 4) is 0 Å². The monoisotopic (exact) mass is 247 g/mol. The van der Waals surface area contributed by atoms with Crippen LogP contribution in [0.3, 0.4) is 0 Å². The van der Waals surface area contributed by atoms with E-state index in [2.05, 4.69) is 15.5 Å². The number of carbonyl (C=O) groups is 1. The van der Waals surface area contributed by atoms with Crippen LogP contribution in [0.25, 0.3) is 0 Å². The van der Waals surface area contributed by atoms with E-state index in [4.69, 9.17) is 0 Å². The topological polar surface area (TPSA) is 64.6 Å². The van der Waals surface area contributed by atoms with E-state index in [1.807, 2.05) is 25.1 Å². The summed E-state index contributed by atoms with van der Waals surface area (Å²) < 4.78 is 0. The average Bonchev–Trinajstić information content (AvgIpc) is 2.52. The Kier molecular flexibility index (Phi) is 2.72. The van der Waals surface area contributed by atoms with Crippen molar-refractivity contribution in [1.29, 1.82) is 0 Å². The lowest BCUT2D eigenvalue weighted by molar-refractivity contribution is 0.0823. The fourth-order valence-electron chi connectivity index (χ4n) is 2.75. The van der Waals surface area contributed by atoms with Crippen molar-refractivity contribution in [1.82, 2.24) is 10.6 Å². The number of amides is 1. The van der Waals surface area contributed by atoms with Gasteiger partial charge in [-0.2, -0.15) is 0 Å². The number of aliphatic hydroxyl groups is 1. The van der Waals surface area contributed by atoms with E-state index >= 15 is 0 Å². The SMILES string of the molecule is Cc1cccc2c1C(=O)NC1C(O)CNCCN21. The Morgan fingerprint density at radius 3 is 3.11 bits per heavy atom. The Morgan fingerprint density at radius 1 is 1.44 bits per heavy atom. The first kappa shape index (κ1) is 11.5. The van der Waals surface area contributed by atoms with E-state index in [9.17, 15) is 9.90 Å². The molecule has 2 aliphatic rings. The lowest BCUT2D eigenvalue weighted by Crippen LogP contribution is -2.59.